The first-order chi connectivity index (χ1) is 13.6. The van der Waals surface area contributed by atoms with Crippen LogP contribution in [0.15, 0.2) is 52.0 Å². The SMILES string of the molecule is Cc1cc(C(=O)N2CCC(Cn3nc(-c4ccncc4)ccc3=O)CC2)no1. The molecule has 0 aromatic carbocycles. The van der Waals surface area contributed by atoms with Gasteiger partial charge in [-0.1, -0.05) is 5.16 Å². The molecule has 0 atom stereocenters. The number of nitrogens with zero attached hydrogens (tertiary/aromatic N) is 5. The minimum absolute atomic E-state index is 0.106. The van der Waals surface area contributed by atoms with Gasteiger partial charge in [0.25, 0.3) is 11.5 Å². The minimum atomic E-state index is -0.116. The number of aromatic nitrogens is 4. The second kappa shape index (κ2) is 7.75. The van der Waals surface area contributed by atoms with Crippen LogP contribution in [0.5, 0.6) is 0 Å². The third kappa shape index (κ3) is 3.85. The van der Waals surface area contributed by atoms with E-state index < -0.39 is 0 Å². The van der Waals surface area contributed by atoms with Gasteiger partial charge in [0, 0.05) is 49.7 Å². The smallest absolute Gasteiger partial charge is 0.276 e. The Morgan fingerprint density at radius 1 is 1.18 bits per heavy atom. The molecule has 0 saturated carbocycles. The molecule has 0 aliphatic carbocycles. The topological polar surface area (TPSA) is 94.1 Å². The summed E-state index contributed by atoms with van der Waals surface area (Å²) in [5, 5.41) is 8.32. The van der Waals surface area contributed by atoms with Gasteiger partial charge in [-0.15, -0.1) is 0 Å². The van der Waals surface area contributed by atoms with Crippen molar-refractivity contribution in [3.05, 3.63) is 64.5 Å². The second-order valence-electron chi connectivity index (χ2n) is 7.03. The normalized spacial score (nSPS) is 15.0. The molecule has 1 saturated heterocycles. The van der Waals surface area contributed by atoms with Crippen LogP contribution in [0.3, 0.4) is 0 Å². The summed E-state index contributed by atoms with van der Waals surface area (Å²) >= 11 is 0. The Morgan fingerprint density at radius 2 is 1.93 bits per heavy atom. The van der Waals surface area contributed by atoms with E-state index in [1.165, 1.54) is 4.68 Å². The third-order valence-electron chi connectivity index (χ3n) is 5.02. The lowest BCUT2D eigenvalue weighted by atomic mass is 9.96. The minimum Gasteiger partial charge on any atom is -0.361 e. The van der Waals surface area contributed by atoms with Gasteiger partial charge >= 0.3 is 0 Å². The van der Waals surface area contributed by atoms with Crippen molar-refractivity contribution in [1.82, 2.24) is 24.8 Å². The van der Waals surface area contributed by atoms with Crippen molar-refractivity contribution in [3.63, 3.8) is 0 Å². The fraction of sp³-hybridized carbons (Fsp3) is 0.350. The van der Waals surface area contributed by atoms with Crippen molar-refractivity contribution in [2.24, 2.45) is 5.92 Å². The van der Waals surface area contributed by atoms with Gasteiger partial charge in [0.15, 0.2) is 5.69 Å². The maximum atomic E-state index is 12.5. The summed E-state index contributed by atoms with van der Waals surface area (Å²) in [7, 11) is 0. The zero-order chi connectivity index (χ0) is 19.5. The van der Waals surface area contributed by atoms with Crippen LogP contribution < -0.4 is 5.56 Å². The Labute approximate surface area is 161 Å². The van der Waals surface area contributed by atoms with Crippen LogP contribution in [-0.4, -0.2) is 43.8 Å². The predicted molar refractivity (Wildman–Crippen MR) is 102 cm³/mol. The zero-order valence-corrected chi connectivity index (χ0v) is 15.6. The van der Waals surface area contributed by atoms with Crippen molar-refractivity contribution in [3.8, 4) is 11.3 Å². The van der Waals surface area contributed by atoms with Gasteiger partial charge in [0.05, 0.1) is 5.69 Å². The highest BCUT2D eigenvalue weighted by Gasteiger charge is 2.26. The van der Waals surface area contributed by atoms with Crippen LogP contribution >= 0.6 is 0 Å². The third-order valence-corrected chi connectivity index (χ3v) is 5.02. The summed E-state index contributed by atoms with van der Waals surface area (Å²) in [6, 6.07) is 8.67. The highest BCUT2D eigenvalue weighted by Crippen LogP contribution is 2.21. The predicted octanol–water partition coefficient (Wildman–Crippen LogP) is 2.15. The first-order valence-electron chi connectivity index (χ1n) is 9.31. The summed E-state index contributed by atoms with van der Waals surface area (Å²) in [6.07, 6.45) is 5.04. The van der Waals surface area contributed by atoms with Crippen molar-refractivity contribution >= 4 is 5.91 Å². The Hall–Kier alpha value is -3.29. The molecular formula is C20H21N5O3. The van der Waals surface area contributed by atoms with Gasteiger partial charge in [-0.25, -0.2) is 4.68 Å². The number of rotatable bonds is 4. The molecule has 1 aliphatic heterocycles. The summed E-state index contributed by atoms with van der Waals surface area (Å²) in [4.78, 5) is 30.5. The number of carbonyl (C=O) groups is 1. The molecule has 1 amide bonds. The second-order valence-corrected chi connectivity index (χ2v) is 7.03. The van der Waals surface area contributed by atoms with E-state index in [-0.39, 0.29) is 11.5 Å². The van der Waals surface area contributed by atoms with E-state index in [1.807, 2.05) is 12.1 Å². The van der Waals surface area contributed by atoms with Crippen LogP contribution in [-0.2, 0) is 6.54 Å². The molecule has 3 aromatic heterocycles. The number of hydrogen-bond donors (Lipinski definition) is 0. The number of amides is 1. The maximum Gasteiger partial charge on any atom is 0.276 e. The molecule has 0 unspecified atom stereocenters. The van der Waals surface area contributed by atoms with Gasteiger partial charge in [0.2, 0.25) is 0 Å². The molecule has 144 valence electrons. The number of hydrogen-bond acceptors (Lipinski definition) is 6. The van der Waals surface area contributed by atoms with E-state index in [2.05, 4.69) is 15.2 Å². The molecule has 0 radical (unpaired) electrons. The molecule has 4 rings (SSSR count). The van der Waals surface area contributed by atoms with Gasteiger partial charge in [-0.05, 0) is 43.9 Å². The summed E-state index contributed by atoms with van der Waals surface area (Å²) < 4.78 is 6.52. The molecule has 0 N–H and O–H groups in total. The molecule has 28 heavy (non-hydrogen) atoms. The first kappa shape index (κ1) is 18.1. The summed E-state index contributed by atoms with van der Waals surface area (Å²) in [5.74, 6) is 0.809. The van der Waals surface area contributed by atoms with Crippen molar-refractivity contribution < 1.29 is 9.32 Å². The molecular weight excluding hydrogens is 358 g/mol. The van der Waals surface area contributed by atoms with Crippen molar-refractivity contribution in [2.45, 2.75) is 26.3 Å². The van der Waals surface area contributed by atoms with E-state index in [0.29, 0.717) is 37.0 Å². The van der Waals surface area contributed by atoms with Crippen molar-refractivity contribution in [1.29, 1.82) is 0 Å². The molecule has 0 spiro atoms. The molecule has 8 heteroatoms. The summed E-state index contributed by atoms with van der Waals surface area (Å²) in [6.45, 7) is 3.58. The zero-order valence-electron chi connectivity index (χ0n) is 15.6. The van der Waals surface area contributed by atoms with Crippen LogP contribution in [0.2, 0.25) is 0 Å². The lowest BCUT2D eigenvalue weighted by molar-refractivity contribution is 0.0670. The highest BCUT2D eigenvalue weighted by molar-refractivity contribution is 5.92. The van der Waals surface area contributed by atoms with Gasteiger partial charge < -0.3 is 9.42 Å². The van der Waals surface area contributed by atoms with Crippen LogP contribution in [0.25, 0.3) is 11.3 Å². The largest absolute Gasteiger partial charge is 0.361 e. The molecule has 1 fully saturated rings. The van der Waals surface area contributed by atoms with E-state index >= 15 is 0 Å². The monoisotopic (exact) mass is 379 g/mol. The number of pyridine rings is 1. The van der Waals surface area contributed by atoms with Crippen LogP contribution in [0, 0.1) is 12.8 Å². The lowest BCUT2D eigenvalue weighted by Gasteiger charge is -2.31. The number of likely N-dealkylation sites (tertiary alicyclic amines) is 1. The Balaban J connectivity index is 1.41. The van der Waals surface area contributed by atoms with Crippen molar-refractivity contribution in [2.75, 3.05) is 13.1 Å². The Kier molecular flexibility index (Phi) is 5.01. The Morgan fingerprint density at radius 3 is 2.61 bits per heavy atom. The van der Waals surface area contributed by atoms with E-state index in [0.717, 1.165) is 24.1 Å². The number of carbonyl (C=O) groups excluding carboxylic acids is 1. The number of aryl methyl sites for hydroxylation is 1. The number of piperidine rings is 1. The fourth-order valence-electron chi connectivity index (χ4n) is 3.45. The van der Waals surface area contributed by atoms with Gasteiger partial charge in [0.1, 0.15) is 5.76 Å². The van der Waals surface area contributed by atoms with Crippen LogP contribution in [0.1, 0.15) is 29.1 Å². The maximum absolute atomic E-state index is 12.5. The molecule has 1 aliphatic rings. The molecule has 0 bridgehead atoms. The molecule has 8 nitrogen and oxygen atoms in total. The van der Waals surface area contributed by atoms with Crippen LogP contribution in [0.4, 0.5) is 0 Å². The average molecular weight is 379 g/mol. The molecule has 3 aromatic rings. The van der Waals surface area contributed by atoms with E-state index in [1.54, 1.807) is 42.4 Å². The van der Waals surface area contributed by atoms with E-state index in [9.17, 15) is 9.59 Å². The van der Waals surface area contributed by atoms with Gasteiger partial charge in [-0.3, -0.25) is 14.6 Å². The fourth-order valence-corrected chi connectivity index (χ4v) is 3.45. The summed E-state index contributed by atoms with van der Waals surface area (Å²) in [5.41, 5.74) is 1.90. The lowest BCUT2D eigenvalue weighted by Crippen LogP contribution is -2.40. The Bertz CT molecular complexity index is 1020. The first-order valence-corrected chi connectivity index (χ1v) is 9.31. The quantitative estimate of drug-likeness (QED) is 0.689. The highest BCUT2D eigenvalue weighted by atomic mass is 16.5. The molecule has 4 heterocycles. The standard InChI is InChI=1S/C20H21N5O3/c1-14-12-18(23-28-14)20(27)24-10-6-15(7-11-24)13-25-19(26)3-2-17(22-25)16-4-8-21-9-5-16/h2-5,8-9,12,15H,6-7,10-11,13H2,1H3. The van der Waals surface area contributed by atoms with E-state index in [4.69, 9.17) is 4.52 Å². The average Bonchev–Trinajstić information content (AvgIpc) is 3.17. The van der Waals surface area contributed by atoms with Gasteiger partial charge in [-0.2, -0.15) is 5.10 Å².